The number of pyridine rings is 1. The third kappa shape index (κ3) is 24.7. The summed E-state index contributed by atoms with van der Waals surface area (Å²) in [7, 11) is 0. The van der Waals surface area contributed by atoms with Crippen molar-refractivity contribution >= 4 is 79.9 Å². The summed E-state index contributed by atoms with van der Waals surface area (Å²) in [4.78, 5) is 109. The number of unbranched alkanes of at least 4 members (excludes halogenated alkanes) is 13. The van der Waals surface area contributed by atoms with Gasteiger partial charge in [0, 0.05) is 68.8 Å². The molecule has 0 bridgehead atoms. The third-order valence-corrected chi connectivity index (χ3v) is 15.9. The van der Waals surface area contributed by atoms with Crippen LogP contribution in [-0.2, 0) is 59.0 Å². The summed E-state index contributed by atoms with van der Waals surface area (Å²) in [6.45, 7) is 10.6. The monoisotopic (exact) mass is 1260 g/mol. The van der Waals surface area contributed by atoms with Gasteiger partial charge in [0.05, 0.1) is 38.6 Å². The van der Waals surface area contributed by atoms with Crippen LogP contribution >= 0.6 is 15.9 Å². The number of aryl methyl sites for hydroxylation is 1. The van der Waals surface area contributed by atoms with Crippen molar-refractivity contribution in [1.29, 1.82) is 0 Å². The number of benzene rings is 1. The number of nitrogens with zero attached hydrogens (tertiary/aromatic N) is 4. The number of hydrogen-bond acceptors (Lipinski definition) is 16. The molecule has 3 atom stereocenters. The number of fused-ring (bicyclic) bond motifs is 2. The average molecular weight is 1270 g/mol. The second kappa shape index (κ2) is 35.8. The Morgan fingerprint density at radius 2 is 1.33 bits per heavy atom. The molecule has 3 heterocycles. The zero-order chi connectivity index (χ0) is 61.9. The Hall–Kier alpha value is -5.88. The van der Waals surface area contributed by atoms with Crippen molar-refractivity contribution in [2.24, 2.45) is 5.41 Å². The Labute approximate surface area is 514 Å². The molecule has 0 unspecified atom stereocenters. The van der Waals surface area contributed by atoms with Crippen molar-refractivity contribution in [2.75, 3.05) is 71.3 Å². The number of aromatic nitrogens is 3. The van der Waals surface area contributed by atoms with Gasteiger partial charge in [-0.05, 0) is 118 Å². The molecule has 1 aromatic carbocycles. The van der Waals surface area contributed by atoms with E-state index >= 15 is 0 Å². The van der Waals surface area contributed by atoms with Crippen molar-refractivity contribution in [3.05, 3.63) is 46.2 Å². The van der Waals surface area contributed by atoms with Crippen molar-refractivity contribution in [3.63, 3.8) is 0 Å². The van der Waals surface area contributed by atoms with Crippen LogP contribution < -0.4 is 26.0 Å². The molecule has 22 nitrogen and oxygen atoms in total. The summed E-state index contributed by atoms with van der Waals surface area (Å²) in [5.74, 6) is -1.10. The second-order valence-corrected chi connectivity index (χ2v) is 24.9. The van der Waals surface area contributed by atoms with Crippen LogP contribution in [0.25, 0.3) is 10.9 Å². The summed E-state index contributed by atoms with van der Waals surface area (Å²) in [6, 6.07) is 7.14. The summed E-state index contributed by atoms with van der Waals surface area (Å²) >= 11 is 3.36. The predicted molar refractivity (Wildman–Crippen MR) is 327 cm³/mol. The molecule has 86 heavy (non-hydrogen) atoms. The minimum absolute atomic E-state index is 0.0272. The van der Waals surface area contributed by atoms with Crippen molar-refractivity contribution in [2.45, 2.75) is 206 Å². The predicted octanol–water partition coefficient (Wildman–Crippen LogP) is 9.19. The summed E-state index contributed by atoms with van der Waals surface area (Å²) < 4.78 is 34.9. The number of likely N-dealkylation sites (tertiary alicyclic amines) is 1. The number of anilines is 1. The fraction of sp³-hybridized carbons (Fsp3) is 0.683. The lowest BCUT2D eigenvalue weighted by molar-refractivity contribution is -0.155. The van der Waals surface area contributed by atoms with E-state index in [1.807, 2.05) is 33.8 Å². The van der Waals surface area contributed by atoms with Gasteiger partial charge in [-0.25, -0.2) is 9.78 Å². The normalized spacial score (nSPS) is 17.0. The molecule has 1 aliphatic heterocycles. The number of esters is 1. The molecule has 3 aromatic rings. The third-order valence-electron chi connectivity index (χ3n) is 15.4. The van der Waals surface area contributed by atoms with E-state index in [1.54, 1.807) is 29.2 Å². The van der Waals surface area contributed by atoms with Crippen LogP contribution in [0, 0.1) is 12.3 Å². The molecule has 23 heteroatoms. The first-order valence-corrected chi connectivity index (χ1v) is 31.9. The van der Waals surface area contributed by atoms with Gasteiger partial charge >= 0.3 is 12.1 Å². The Bertz CT molecular complexity index is 2730. The van der Waals surface area contributed by atoms with Gasteiger partial charge in [-0.2, -0.15) is 5.10 Å². The molecule has 3 fully saturated rings. The maximum absolute atomic E-state index is 14.4. The molecular weight excluding hydrogens is 1170 g/mol. The minimum Gasteiger partial charge on any atom is -0.460 e. The first kappa shape index (κ1) is 69.2. The molecule has 6 rings (SSSR count). The number of ether oxygens (including phenoxy) is 6. The Morgan fingerprint density at radius 3 is 1.98 bits per heavy atom. The minimum atomic E-state index is -0.904. The van der Waals surface area contributed by atoms with Crippen LogP contribution in [0.3, 0.4) is 0 Å². The van der Waals surface area contributed by atoms with Crippen molar-refractivity contribution in [3.8, 4) is 5.75 Å². The first-order chi connectivity index (χ1) is 41.3. The molecular formula is C63H93BrN8O14. The van der Waals surface area contributed by atoms with E-state index in [0.717, 1.165) is 50.5 Å². The molecule has 2 aliphatic carbocycles. The van der Waals surface area contributed by atoms with Crippen LogP contribution in [0.15, 0.2) is 34.9 Å². The van der Waals surface area contributed by atoms with E-state index in [2.05, 4.69) is 47.3 Å². The highest BCUT2D eigenvalue weighted by Gasteiger charge is 2.67. The van der Waals surface area contributed by atoms with Gasteiger partial charge < -0.3 is 54.6 Å². The van der Waals surface area contributed by atoms with Crippen LogP contribution in [0.2, 0.25) is 0 Å². The zero-order valence-electron chi connectivity index (χ0n) is 51.3. The number of hydrogen-bond donors (Lipinski definition) is 4. The standard InChI is InChI=1S/C63H93BrN8O14/c1-44-24-29-53(64)68-59(44)69-60(79)51-38-63(39-52(63)72(51)56(77)40-71-50-28-27-48(85-61(80)67-46-25-26-46)37-49(50)58(70-71)45(2)73)43-66-55(76)42-84-36-33-81-31-20-21-47(74)41-83-35-34-82-32-30-65-54(75)22-18-16-14-12-10-8-6-7-9-11-13-15-17-19-23-57(78)86-62(3,4)5/h24,27-29,37,46,51-52H,6-23,25-26,30-36,38-43H2,1-5H3,(H,65,75)(H,66,76)(H,67,80)(H,68,69,79)/t51-,52+,63-/m0/s1. The van der Waals surface area contributed by atoms with Crippen LogP contribution in [0.4, 0.5) is 10.6 Å². The molecule has 476 valence electrons. The van der Waals surface area contributed by atoms with E-state index in [4.69, 9.17) is 28.4 Å². The number of nitrogens with one attached hydrogen (secondary N) is 4. The fourth-order valence-electron chi connectivity index (χ4n) is 10.6. The van der Waals surface area contributed by atoms with Crippen LogP contribution in [0.1, 0.15) is 185 Å². The molecule has 4 N–H and O–H groups in total. The lowest BCUT2D eigenvalue weighted by Crippen LogP contribution is -2.47. The summed E-state index contributed by atoms with van der Waals surface area (Å²) in [5.41, 5.74) is 0.317. The summed E-state index contributed by atoms with van der Waals surface area (Å²) in [5, 5.41) is 16.4. The fourth-order valence-corrected chi connectivity index (χ4v) is 10.9. The van der Waals surface area contributed by atoms with Crippen LogP contribution in [0.5, 0.6) is 5.75 Å². The molecule has 2 saturated carbocycles. The Balaban J connectivity index is 0.758. The highest BCUT2D eigenvalue weighted by atomic mass is 79.9. The number of halogens is 1. The maximum atomic E-state index is 14.4. The first-order valence-electron chi connectivity index (χ1n) is 31.1. The highest BCUT2D eigenvalue weighted by Crippen LogP contribution is 2.59. The number of amides is 5. The molecule has 2 aromatic heterocycles. The molecule has 0 radical (unpaired) electrons. The smallest absolute Gasteiger partial charge is 0.412 e. The number of piperidine rings is 1. The number of rotatable bonds is 43. The van der Waals surface area contributed by atoms with Gasteiger partial charge in [0.1, 0.15) is 53.3 Å². The number of carbonyl (C=O) groups is 8. The van der Waals surface area contributed by atoms with Gasteiger partial charge in [-0.1, -0.05) is 83.1 Å². The maximum Gasteiger partial charge on any atom is 0.412 e. The van der Waals surface area contributed by atoms with E-state index in [1.165, 1.54) is 69.4 Å². The van der Waals surface area contributed by atoms with Crippen molar-refractivity contribution in [1.82, 2.24) is 35.6 Å². The average Bonchev–Trinajstić information content (AvgIpc) is 1.55. The van der Waals surface area contributed by atoms with Gasteiger partial charge in [-0.15, -0.1) is 0 Å². The van der Waals surface area contributed by atoms with E-state index in [0.29, 0.717) is 73.4 Å². The second-order valence-electron chi connectivity index (χ2n) is 24.1. The molecule has 5 amide bonds. The molecule has 1 saturated heterocycles. The van der Waals surface area contributed by atoms with E-state index < -0.39 is 35.0 Å². The van der Waals surface area contributed by atoms with Crippen LogP contribution in [-0.4, -0.2) is 157 Å². The Morgan fingerprint density at radius 1 is 0.698 bits per heavy atom. The van der Waals surface area contributed by atoms with Gasteiger partial charge in [0.15, 0.2) is 11.6 Å². The number of Topliss-reactive ketones (excluding diaryl/α,β-unsaturated/α-hetero) is 2. The van der Waals surface area contributed by atoms with E-state index in [9.17, 15) is 38.4 Å². The number of ketones is 2. The van der Waals surface area contributed by atoms with Crippen molar-refractivity contribution < 1.29 is 66.8 Å². The SMILES string of the molecule is CC(=O)c1nn(CC(=O)N2[C@H](C(=O)Nc3nc(Br)ccc3C)C[C@@]3(CNC(=O)COCCOCCCC(=O)COCCOCCNC(=O)CCCCCCCCCCCCCCCCC(=O)OC(C)(C)C)C[C@@H]23)c2ccc(OC(=O)NC3CC3)cc12. The topological polar surface area (TPSA) is 274 Å². The summed E-state index contributed by atoms with van der Waals surface area (Å²) in [6.07, 6.45) is 20.2. The lowest BCUT2D eigenvalue weighted by Gasteiger charge is -2.27. The molecule has 3 aliphatic rings. The van der Waals surface area contributed by atoms with E-state index in [-0.39, 0.29) is 112 Å². The van der Waals surface area contributed by atoms with Gasteiger partial charge in [0.2, 0.25) is 23.6 Å². The zero-order valence-corrected chi connectivity index (χ0v) is 52.9. The molecule has 0 spiro atoms. The highest BCUT2D eigenvalue weighted by molar-refractivity contribution is 9.10. The largest absolute Gasteiger partial charge is 0.460 e. The van der Waals surface area contributed by atoms with Gasteiger partial charge in [-0.3, -0.25) is 38.2 Å². The quantitative estimate of drug-likeness (QED) is 0.0178. The number of carbonyl (C=O) groups excluding carboxylic acids is 8. The van der Waals surface area contributed by atoms with Gasteiger partial charge in [0.25, 0.3) is 0 Å². The Kier molecular flexibility index (Phi) is 28.8. The lowest BCUT2D eigenvalue weighted by atomic mass is 9.99.